The second-order valence-corrected chi connectivity index (χ2v) is 4.34. The van der Waals surface area contributed by atoms with E-state index in [2.05, 4.69) is 6.58 Å². The molecule has 0 radical (unpaired) electrons. The molecule has 0 aromatic rings. The van der Waals surface area contributed by atoms with Crippen molar-refractivity contribution in [1.29, 1.82) is 0 Å². The molecule has 1 amide bonds. The van der Waals surface area contributed by atoms with Crippen LogP contribution in [0.3, 0.4) is 0 Å². The van der Waals surface area contributed by atoms with Gasteiger partial charge in [0.1, 0.15) is 0 Å². The second kappa shape index (κ2) is 6.48. The zero-order valence-corrected chi connectivity index (χ0v) is 11.1. The van der Waals surface area contributed by atoms with Crippen molar-refractivity contribution < 1.29 is 4.79 Å². The molecule has 3 nitrogen and oxygen atoms in total. The van der Waals surface area contributed by atoms with Gasteiger partial charge in [-0.05, 0) is 18.9 Å². The fourth-order valence-electron chi connectivity index (χ4n) is 1.57. The number of rotatable bonds is 5. The van der Waals surface area contributed by atoms with Crippen molar-refractivity contribution in [3.05, 3.63) is 23.8 Å². The first kappa shape index (κ1) is 14.9. The van der Waals surface area contributed by atoms with E-state index in [-0.39, 0.29) is 17.9 Å². The molecule has 2 unspecified atom stereocenters. The summed E-state index contributed by atoms with van der Waals surface area (Å²) in [4.78, 5) is 13.7. The van der Waals surface area contributed by atoms with Crippen LogP contribution in [-0.4, -0.2) is 30.9 Å². The largest absolute Gasteiger partial charge is 0.345 e. The van der Waals surface area contributed by atoms with Crippen molar-refractivity contribution in [2.24, 2.45) is 11.7 Å². The van der Waals surface area contributed by atoms with E-state index < -0.39 is 0 Å². The molecule has 0 heterocycles. The number of carbonyl (C=O) groups excluding carboxylic acids is 1. The minimum atomic E-state index is -0.0413. The molecule has 0 fully saturated rings. The van der Waals surface area contributed by atoms with Crippen LogP contribution in [0.2, 0.25) is 0 Å². The summed E-state index contributed by atoms with van der Waals surface area (Å²) in [6.07, 6.45) is 2.56. The lowest BCUT2D eigenvalue weighted by molar-refractivity contribution is -0.125. The molecule has 92 valence electrons. The lowest BCUT2D eigenvalue weighted by Crippen LogP contribution is -2.34. The minimum absolute atomic E-state index is 0.0292. The summed E-state index contributed by atoms with van der Waals surface area (Å²) in [5.41, 5.74) is 7.66. The van der Waals surface area contributed by atoms with Gasteiger partial charge >= 0.3 is 0 Å². The molecular formula is C13H24N2O. The number of hydrogen-bond acceptors (Lipinski definition) is 2. The molecule has 2 atom stereocenters. The first-order chi connectivity index (χ1) is 7.36. The third-order valence-corrected chi connectivity index (χ3v) is 2.85. The van der Waals surface area contributed by atoms with E-state index in [4.69, 9.17) is 5.73 Å². The number of likely N-dealkylation sites (N-methyl/N-ethyl adjacent to an activating group) is 1. The van der Waals surface area contributed by atoms with Crippen LogP contribution in [0.1, 0.15) is 27.2 Å². The summed E-state index contributed by atoms with van der Waals surface area (Å²) >= 11 is 0. The Hall–Kier alpha value is -1.09. The van der Waals surface area contributed by atoms with Crippen LogP contribution in [-0.2, 0) is 4.79 Å². The number of amides is 1. The molecule has 0 aromatic heterocycles. The Labute approximate surface area is 99.0 Å². The first-order valence-electron chi connectivity index (χ1n) is 5.69. The molecule has 0 saturated heterocycles. The fourth-order valence-corrected chi connectivity index (χ4v) is 1.57. The zero-order valence-electron chi connectivity index (χ0n) is 11.1. The van der Waals surface area contributed by atoms with Crippen molar-refractivity contribution in [2.75, 3.05) is 14.1 Å². The van der Waals surface area contributed by atoms with E-state index in [1.807, 2.05) is 20.8 Å². The molecule has 0 aliphatic heterocycles. The van der Waals surface area contributed by atoms with Gasteiger partial charge in [0.15, 0.2) is 0 Å². The van der Waals surface area contributed by atoms with Gasteiger partial charge in [0.25, 0.3) is 0 Å². The Bertz CT molecular complexity index is 290. The number of carbonyl (C=O) groups is 1. The van der Waals surface area contributed by atoms with Crippen molar-refractivity contribution in [3.8, 4) is 0 Å². The summed E-state index contributed by atoms with van der Waals surface area (Å²) in [7, 11) is 3.51. The van der Waals surface area contributed by atoms with Gasteiger partial charge < -0.3 is 10.6 Å². The van der Waals surface area contributed by atoms with Gasteiger partial charge in [0.2, 0.25) is 5.91 Å². The highest BCUT2D eigenvalue weighted by atomic mass is 16.2. The summed E-state index contributed by atoms with van der Waals surface area (Å²) in [6, 6.07) is -0.0413. The lowest BCUT2D eigenvalue weighted by Gasteiger charge is -2.24. The quantitative estimate of drug-likeness (QED) is 0.573. The number of allylic oxidation sites excluding steroid dienone is 2. The molecular weight excluding hydrogens is 200 g/mol. The Kier molecular flexibility index (Phi) is 6.04. The molecule has 0 saturated carbocycles. The van der Waals surface area contributed by atoms with E-state index in [1.54, 1.807) is 25.1 Å². The van der Waals surface area contributed by atoms with E-state index in [0.29, 0.717) is 0 Å². The molecule has 0 aliphatic carbocycles. The molecule has 16 heavy (non-hydrogen) atoms. The van der Waals surface area contributed by atoms with Crippen molar-refractivity contribution in [1.82, 2.24) is 4.90 Å². The van der Waals surface area contributed by atoms with Gasteiger partial charge in [-0.3, -0.25) is 4.79 Å². The topological polar surface area (TPSA) is 46.3 Å². The second-order valence-electron chi connectivity index (χ2n) is 4.34. The molecule has 0 aliphatic rings. The molecule has 0 rings (SSSR count). The van der Waals surface area contributed by atoms with Crippen LogP contribution in [0.15, 0.2) is 23.8 Å². The van der Waals surface area contributed by atoms with E-state index in [0.717, 1.165) is 17.6 Å². The van der Waals surface area contributed by atoms with Crippen LogP contribution >= 0.6 is 0 Å². The third kappa shape index (κ3) is 3.49. The van der Waals surface area contributed by atoms with E-state index in [9.17, 15) is 4.79 Å². The lowest BCUT2D eigenvalue weighted by atomic mass is 9.88. The van der Waals surface area contributed by atoms with Crippen molar-refractivity contribution >= 4 is 5.91 Å². The highest BCUT2D eigenvalue weighted by Gasteiger charge is 2.23. The SMILES string of the molecule is C=C/C(CC)=C(\C(=O)N(C)C)C(C)C(C)N. The normalized spacial score (nSPS) is 16.1. The van der Waals surface area contributed by atoms with Crippen LogP contribution in [0.25, 0.3) is 0 Å². The van der Waals surface area contributed by atoms with Gasteiger partial charge in [-0.1, -0.05) is 26.5 Å². The molecule has 0 bridgehead atoms. The van der Waals surface area contributed by atoms with Crippen molar-refractivity contribution in [2.45, 2.75) is 33.2 Å². The van der Waals surface area contributed by atoms with Crippen molar-refractivity contribution in [3.63, 3.8) is 0 Å². The first-order valence-corrected chi connectivity index (χ1v) is 5.69. The Morgan fingerprint density at radius 1 is 1.44 bits per heavy atom. The molecule has 0 aromatic carbocycles. The average molecular weight is 224 g/mol. The van der Waals surface area contributed by atoms with Crippen LogP contribution in [0.5, 0.6) is 0 Å². The number of nitrogens with zero attached hydrogens (tertiary/aromatic N) is 1. The Morgan fingerprint density at radius 2 is 1.94 bits per heavy atom. The maximum atomic E-state index is 12.1. The van der Waals surface area contributed by atoms with Crippen LogP contribution in [0.4, 0.5) is 0 Å². The smallest absolute Gasteiger partial charge is 0.249 e. The van der Waals surface area contributed by atoms with Gasteiger partial charge in [-0.25, -0.2) is 0 Å². The summed E-state index contributed by atoms with van der Waals surface area (Å²) in [5, 5.41) is 0. The van der Waals surface area contributed by atoms with E-state index >= 15 is 0 Å². The maximum absolute atomic E-state index is 12.1. The monoisotopic (exact) mass is 224 g/mol. The number of nitrogens with two attached hydrogens (primary N) is 1. The Balaban J connectivity index is 5.45. The average Bonchev–Trinajstić information content (AvgIpc) is 2.23. The summed E-state index contributed by atoms with van der Waals surface area (Å²) in [6.45, 7) is 9.70. The van der Waals surface area contributed by atoms with Crippen LogP contribution in [0, 0.1) is 5.92 Å². The molecule has 2 N–H and O–H groups in total. The Morgan fingerprint density at radius 3 is 2.19 bits per heavy atom. The van der Waals surface area contributed by atoms with Gasteiger partial charge in [0.05, 0.1) is 0 Å². The van der Waals surface area contributed by atoms with Gasteiger partial charge in [-0.15, -0.1) is 0 Å². The number of hydrogen-bond donors (Lipinski definition) is 1. The summed E-state index contributed by atoms with van der Waals surface area (Å²) in [5.74, 6) is 0.0735. The predicted octanol–water partition coefficient (Wildman–Crippen LogP) is 1.95. The maximum Gasteiger partial charge on any atom is 0.249 e. The standard InChI is InChI=1S/C13H24N2O/c1-7-11(8-2)12(9(3)10(4)14)13(16)15(5)6/h7,9-10H,1,8,14H2,2-6H3/b12-11+. The highest BCUT2D eigenvalue weighted by Crippen LogP contribution is 2.22. The minimum Gasteiger partial charge on any atom is -0.345 e. The zero-order chi connectivity index (χ0) is 12.9. The van der Waals surface area contributed by atoms with Gasteiger partial charge in [0, 0.05) is 31.6 Å². The highest BCUT2D eigenvalue weighted by molar-refractivity contribution is 5.95. The van der Waals surface area contributed by atoms with E-state index in [1.165, 1.54) is 0 Å². The third-order valence-electron chi connectivity index (χ3n) is 2.85. The predicted molar refractivity (Wildman–Crippen MR) is 69.0 cm³/mol. The van der Waals surface area contributed by atoms with Crippen LogP contribution < -0.4 is 5.73 Å². The molecule has 3 heteroatoms. The van der Waals surface area contributed by atoms with Gasteiger partial charge in [-0.2, -0.15) is 0 Å². The fraction of sp³-hybridized carbons (Fsp3) is 0.615. The summed E-state index contributed by atoms with van der Waals surface area (Å²) < 4.78 is 0. The molecule has 0 spiro atoms.